The Bertz CT molecular complexity index is 424. The molecule has 0 aromatic carbocycles. The van der Waals surface area contributed by atoms with Gasteiger partial charge in [0.1, 0.15) is 5.82 Å². The van der Waals surface area contributed by atoms with Crippen LogP contribution in [0.15, 0.2) is 18.5 Å². The number of pyridine rings is 1. The Morgan fingerprint density at radius 3 is 2.89 bits per heavy atom. The van der Waals surface area contributed by atoms with Gasteiger partial charge in [-0.2, -0.15) is 0 Å². The van der Waals surface area contributed by atoms with Crippen molar-refractivity contribution in [3.63, 3.8) is 0 Å². The minimum Gasteiger partial charge on any atom is -0.309 e. The lowest BCUT2D eigenvalue weighted by Crippen LogP contribution is -2.60. The van der Waals surface area contributed by atoms with Gasteiger partial charge in [0, 0.05) is 37.9 Å². The summed E-state index contributed by atoms with van der Waals surface area (Å²) in [5.41, 5.74) is 1.30. The standard InChI is InChI=1S/C15H22FN3/c16-14-8-13(9-17-10-14)11-19-7-6-18-15(12-19)4-2-1-3-5-15/h8-10,18H,1-7,11-12H2. The molecule has 3 rings (SSSR count). The summed E-state index contributed by atoms with van der Waals surface area (Å²) in [5.74, 6) is -0.236. The van der Waals surface area contributed by atoms with Gasteiger partial charge in [-0.3, -0.25) is 9.88 Å². The monoisotopic (exact) mass is 263 g/mol. The third-order valence-corrected chi connectivity index (χ3v) is 4.43. The topological polar surface area (TPSA) is 28.2 Å². The van der Waals surface area contributed by atoms with Gasteiger partial charge in [0.2, 0.25) is 0 Å². The highest BCUT2D eigenvalue weighted by Crippen LogP contribution is 2.30. The molecular weight excluding hydrogens is 241 g/mol. The van der Waals surface area contributed by atoms with Crippen molar-refractivity contribution in [3.8, 4) is 0 Å². The molecule has 0 bridgehead atoms. The summed E-state index contributed by atoms with van der Waals surface area (Å²) >= 11 is 0. The smallest absolute Gasteiger partial charge is 0.141 e. The summed E-state index contributed by atoms with van der Waals surface area (Å²) in [6.45, 7) is 3.98. The number of aromatic nitrogens is 1. The van der Waals surface area contributed by atoms with Crippen LogP contribution in [0.4, 0.5) is 4.39 Å². The Labute approximate surface area is 114 Å². The number of nitrogens with one attached hydrogen (secondary N) is 1. The number of halogens is 1. The first-order valence-corrected chi connectivity index (χ1v) is 7.33. The zero-order valence-corrected chi connectivity index (χ0v) is 11.4. The van der Waals surface area contributed by atoms with Crippen LogP contribution in [0.5, 0.6) is 0 Å². The van der Waals surface area contributed by atoms with Crippen LogP contribution < -0.4 is 5.32 Å². The van der Waals surface area contributed by atoms with Crippen LogP contribution in [0.2, 0.25) is 0 Å². The highest BCUT2D eigenvalue weighted by molar-refractivity contribution is 5.10. The minimum absolute atomic E-state index is 0.236. The molecule has 4 heteroatoms. The lowest BCUT2D eigenvalue weighted by molar-refractivity contribution is 0.0944. The van der Waals surface area contributed by atoms with E-state index < -0.39 is 0 Å². The van der Waals surface area contributed by atoms with E-state index in [0.29, 0.717) is 5.54 Å². The summed E-state index contributed by atoms with van der Waals surface area (Å²) in [5, 5.41) is 3.73. The fourth-order valence-electron chi connectivity index (χ4n) is 3.54. The molecule has 1 saturated carbocycles. The second-order valence-corrected chi connectivity index (χ2v) is 5.99. The molecule has 2 fully saturated rings. The molecule has 104 valence electrons. The number of hydrogen-bond donors (Lipinski definition) is 1. The third kappa shape index (κ3) is 3.12. The molecule has 1 saturated heterocycles. The maximum absolute atomic E-state index is 13.2. The van der Waals surface area contributed by atoms with Crippen molar-refractivity contribution in [2.24, 2.45) is 0 Å². The summed E-state index contributed by atoms with van der Waals surface area (Å²) in [7, 11) is 0. The molecule has 0 unspecified atom stereocenters. The normalized spacial score (nSPS) is 23.6. The molecule has 0 radical (unpaired) electrons. The Balaban J connectivity index is 1.65. The fraction of sp³-hybridized carbons (Fsp3) is 0.667. The van der Waals surface area contributed by atoms with Crippen LogP contribution in [0.25, 0.3) is 0 Å². The SMILES string of the molecule is Fc1cncc(CN2CCNC3(CCCCC3)C2)c1. The number of rotatable bonds is 2. The number of piperazine rings is 1. The Morgan fingerprint density at radius 2 is 2.11 bits per heavy atom. The molecule has 1 spiro atoms. The van der Waals surface area contributed by atoms with Gasteiger partial charge in [0.15, 0.2) is 0 Å². The van der Waals surface area contributed by atoms with Crippen molar-refractivity contribution >= 4 is 0 Å². The maximum atomic E-state index is 13.2. The molecule has 1 aliphatic heterocycles. The first kappa shape index (κ1) is 13.0. The van der Waals surface area contributed by atoms with Gasteiger partial charge in [-0.25, -0.2) is 4.39 Å². The Kier molecular flexibility index (Phi) is 3.80. The fourth-order valence-corrected chi connectivity index (χ4v) is 3.54. The molecule has 1 N–H and O–H groups in total. The molecule has 3 nitrogen and oxygen atoms in total. The van der Waals surface area contributed by atoms with Crippen LogP contribution in [0.1, 0.15) is 37.7 Å². The van der Waals surface area contributed by atoms with Gasteiger partial charge in [-0.15, -0.1) is 0 Å². The molecule has 1 aromatic heterocycles. The van der Waals surface area contributed by atoms with E-state index in [-0.39, 0.29) is 5.82 Å². The average Bonchev–Trinajstić information content (AvgIpc) is 2.40. The van der Waals surface area contributed by atoms with E-state index in [1.54, 1.807) is 12.3 Å². The number of nitrogens with zero attached hydrogens (tertiary/aromatic N) is 2. The van der Waals surface area contributed by atoms with Crippen molar-refractivity contribution < 1.29 is 4.39 Å². The van der Waals surface area contributed by atoms with Gasteiger partial charge in [-0.1, -0.05) is 19.3 Å². The van der Waals surface area contributed by atoms with Crippen LogP contribution in [0.3, 0.4) is 0 Å². The average molecular weight is 263 g/mol. The van der Waals surface area contributed by atoms with E-state index in [1.807, 2.05) is 0 Å². The van der Waals surface area contributed by atoms with Gasteiger partial charge in [0.25, 0.3) is 0 Å². The molecule has 1 aliphatic carbocycles. The molecule has 0 atom stereocenters. The van der Waals surface area contributed by atoms with Crippen molar-refractivity contribution in [1.29, 1.82) is 0 Å². The first-order chi connectivity index (χ1) is 9.26. The lowest BCUT2D eigenvalue weighted by atomic mass is 9.80. The minimum atomic E-state index is -0.236. The quantitative estimate of drug-likeness (QED) is 0.887. The van der Waals surface area contributed by atoms with Crippen LogP contribution in [-0.2, 0) is 6.54 Å². The maximum Gasteiger partial charge on any atom is 0.141 e. The summed E-state index contributed by atoms with van der Waals surface area (Å²) in [4.78, 5) is 6.38. The van der Waals surface area contributed by atoms with Crippen molar-refractivity contribution in [1.82, 2.24) is 15.2 Å². The van der Waals surface area contributed by atoms with Gasteiger partial charge in [0.05, 0.1) is 6.20 Å². The largest absolute Gasteiger partial charge is 0.309 e. The second kappa shape index (κ2) is 5.55. The lowest BCUT2D eigenvalue weighted by Gasteiger charge is -2.46. The summed E-state index contributed by atoms with van der Waals surface area (Å²) in [6, 6.07) is 1.60. The highest BCUT2D eigenvalue weighted by Gasteiger charge is 2.35. The number of hydrogen-bond acceptors (Lipinski definition) is 3. The van der Waals surface area contributed by atoms with E-state index in [0.717, 1.165) is 31.7 Å². The van der Waals surface area contributed by atoms with E-state index in [2.05, 4.69) is 15.2 Å². The van der Waals surface area contributed by atoms with E-state index >= 15 is 0 Å². The van der Waals surface area contributed by atoms with Gasteiger partial charge >= 0.3 is 0 Å². The zero-order chi connectivity index (χ0) is 13.1. The second-order valence-electron chi connectivity index (χ2n) is 5.99. The summed E-state index contributed by atoms with van der Waals surface area (Å²) in [6.07, 6.45) is 9.65. The summed E-state index contributed by atoms with van der Waals surface area (Å²) < 4.78 is 13.2. The van der Waals surface area contributed by atoms with Crippen molar-refractivity contribution in [3.05, 3.63) is 29.8 Å². The van der Waals surface area contributed by atoms with E-state index in [9.17, 15) is 4.39 Å². The predicted octanol–water partition coefficient (Wildman–Crippen LogP) is 2.33. The van der Waals surface area contributed by atoms with Crippen molar-refractivity contribution in [2.45, 2.75) is 44.2 Å². The Morgan fingerprint density at radius 1 is 1.26 bits per heavy atom. The third-order valence-electron chi connectivity index (χ3n) is 4.43. The molecular formula is C15H22FN3. The van der Waals surface area contributed by atoms with Crippen LogP contribution >= 0.6 is 0 Å². The van der Waals surface area contributed by atoms with E-state index in [4.69, 9.17) is 0 Å². The zero-order valence-electron chi connectivity index (χ0n) is 11.4. The van der Waals surface area contributed by atoms with Crippen molar-refractivity contribution in [2.75, 3.05) is 19.6 Å². The van der Waals surface area contributed by atoms with Gasteiger partial charge in [-0.05, 0) is 24.5 Å². The molecule has 2 heterocycles. The molecule has 19 heavy (non-hydrogen) atoms. The first-order valence-electron chi connectivity index (χ1n) is 7.33. The molecule has 0 amide bonds. The highest BCUT2D eigenvalue weighted by atomic mass is 19.1. The molecule has 2 aliphatic rings. The molecule has 1 aromatic rings. The van der Waals surface area contributed by atoms with Crippen LogP contribution in [-0.4, -0.2) is 35.1 Å². The Hall–Kier alpha value is -1.00. The van der Waals surface area contributed by atoms with Gasteiger partial charge < -0.3 is 5.32 Å². The van der Waals surface area contributed by atoms with Crippen LogP contribution in [0, 0.1) is 5.82 Å². The van der Waals surface area contributed by atoms with E-state index in [1.165, 1.54) is 38.3 Å². The predicted molar refractivity (Wildman–Crippen MR) is 73.3 cm³/mol.